The molecule has 3 fully saturated rings. The summed E-state index contributed by atoms with van der Waals surface area (Å²) in [6.07, 6.45) is -22.4. The highest BCUT2D eigenvalue weighted by molar-refractivity contribution is 4.95. The van der Waals surface area contributed by atoms with E-state index in [1.54, 1.807) is 0 Å². The zero-order chi connectivity index (χ0) is 23.9. The molecule has 0 aliphatic carbocycles. The lowest BCUT2D eigenvalue weighted by molar-refractivity contribution is -0.374. The minimum Gasteiger partial charge on any atom is -0.394 e. The van der Waals surface area contributed by atoms with Crippen molar-refractivity contribution in [3.63, 3.8) is 0 Å². The average molecular weight is 472 g/mol. The van der Waals surface area contributed by atoms with E-state index in [2.05, 4.69) is 0 Å². The maximum atomic E-state index is 10.7. The van der Waals surface area contributed by atoms with Crippen molar-refractivity contribution in [2.24, 2.45) is 0 Å². The van der Waals surface area contributed by atoms with E-state index in [1.165, 1.54) is 13.8 Å². The molecule has 3 rings (SSSR count). The van der Waals surface area contributed by atoms with Crippen LogP contribution in [-0.4, -0.2) is 145 Å². The van der Waals surface area contributed by atoms with Crippen molar-refractivity contribution in [3.05, 3.63) is 0 Å². The van der Waals surface area contributed by atoms with Crippen LogP contribution in [0, 0.1) is 0 Å². The molecule has 0 aromatic heterocycles. The summed E-state index contributed by atoms with van der Waals surface area (Å²) in [6.45, 7) is 2.16. The van der Waals surface area contributed by atoms with Crippen molar-refractivity contribution in [1.29, 1.82) is 0 Å². The average Bonchev–Trinajstić information content (AvgIpc) is 2.76. The molecule has 32 heavy (non-hydrogen) atoms. The topological polar surface area (TPSA) is 228 Å². The lowest BCUT2D eigenvalue weighted by Crippen LogP contribution is -2.65. The number of hydrogen-bond acceptors (Lipinski definition) is 14. The van der Waals surface area contributed by atoms with Gasteiger partial charge in [0.25, 0.3) is 0 Å². The fourth-order valence-electron chi connectivity index (χ4n) is 3.93. The molecule has 188 valence electrons. The summed E-state index contributed by atoms with van der Waals surface area (Å²) >= 11 is 0. The Hall–Kier alpha value is -0.560. The SMILES string of the molecule is C[C@H]1O[C@H](O[C@@H]2[C@H](O)[C@@H](O[C@@H]3[C@@H](O)[C@H](O)O[C@H](CO)[C@@H]3O)O[C@H](C)[C@H]2O)[C@@H](O)[C@@H](O)[C@@H]1O. The van der Waals surface area contributed by atoms with E-state index in [1.807, 2.05) is 0 Å². The number of aliphatic hydroxyl groups is 9. The van der Waals surface area contributed by atoms with Gasteiger partial charge in [-0.1, -0.05) is 0 Å². The third-order valence-corrected chi connectivity index (χ3v) is 6.01. The summed E-state index contributed by atoms with van der Waals surface area (Å²) in [4.78, 5) is 0. The lowest BCUT2D eigenvalue weighted by atomic mass is 9.96. The van der Waals surface area contributed by atoms with Gasteiger partial charge in [-0.3, -0.25) is 0 Å². The molecular formula is C18H32O14. The number of aliphatic hydroxyl groups excluding tert-OH is 9. The Morgan fingerprint density at radius 2 is 1.06 bits per heavy atom. The molecule has 15 atom stereocenters. The first-order chi connectivity index (χ1) is 15.0. The second kappa shape index (κ2) is 10.4. The molecule has 14 nitrogen and oxygen atoms in total. The Labute approximate surface area is 183 Å². The molecule has 0 radical (unpaired) electrons. The van der Waals surface area contributed by atoms with Crippen LogP contribution in [0.15, 0.2) is 0 Å². The largest absolute Gasteiger partial charge is 0.394 e. The van der Waals surface area contributed by atoms with Gasteiger partial charge in [0.05, 0.1) is 18.8 Å². The smallest absolute Gasteiger partial charge is 0.187 e. The molecule has 0 spiro atoms. The molecule has 3 saturated heterocycles. The number of hydrogen-bond donors (Lipinski definition) is 9. The first kappa shape index (κ1) is 26.1. The van der Waals surface area contributed by atoms with Crippen molar-refractivity contribution >= 4 is 0 Å². The van der Waals surface area contributed by atoms with Crippen molar-refractivity contribution < 1.29 is 69.6 Å². The summed E-state index contributed by atoms with van der Waals surface area (Å²) in [5.74, 6) is 0. The molecule has 3 aliphatic heterocycles. The van der Waals surface area contributed by atoms with Crippen molar-refractivity contribution in [2.75, 3.05) is 6.61 Å². The molecule has 0 aromatic carbocycles. The molecule has 0 saturated carbocycles. The Bertz CT molecular complexity index is 610. The van der Waals surface area contributed by atoms with Gasteiger partial charge < -0.3 is 69.6 Å². The van der Waals surface area contributed by atoms with Gasteiger partial charge in [-0.25, -0.2) is 0 Å². The van der Waals surface area contributed by atoms with Gasteiger partial charge in [0.1, 0.15) is 61.0 Å². The number of ether oxygens (including phenoxy) is 5. The van der Waals surface area contributed by atoms with Crippen LogP contribution in [0.2, 0.25) is 0 Å². The first-order valence-corrected chi connectivity index (χ1v) is 10.3. The van der Waals surface area contributed by atoms with Crippen LogP contribution in [0.25, 0.3) is 0 Å². The Kier molecular flexibility index (Phi) is 8.44. The monoisotopic (exact) mass is 472 g/mol. The minimum atomic E-state index is -1.79. The third kappa shape index (κ3) is 4.94. The second-order valence-corrected chi connectivity index (χ2v) is 8.30. The fourth-order valence-corrected chi connectivity index (χ4v) is 3.93. The summed E-state index contributed by atoms with van der Waals surface area (Å²) in [5.41, 5.74) is 0. The first-order valence-electron chi connectivity index (χ1n) is 10.3. The molecule has 3 heterocycles. The maximum absolute atomic E-state index is 10.7. The predicted molar refractivity (Wildman–Crippen MR) is 98.4 cm³/mol. The standard InChI is InChI=1S/C18H32O14/c1-4-7(20)10(23)11(24)17(28-4)31-14-8(21)5(2)29-18(13(14)26)32-15-9(22)6(3-19)30-16(27)12(15)25/h4-27H,3H2,1-2H3/t4-,5-,6-,7-,8-,9+,10+,11+,12-,13+,14+,15+,16-,17-,18-/m1/s1. The molecule has 9 N–H and O–H groups in total. The van der Waals surface area contributed by atoms with Crippen LogP contribution in [0.4, 0.5) is 0 Å². The molecule has 0 unspecified atom stereocenters. The maximum Gasteiger partial charge on any atom is 0.187 e. The van der Waals surface area contributed by atoms with Gasteiger partial charge in [-0.2, -0.15) is 0 Å². The molecular weight excluding hydrogens is 440 g/mol. The van der Waals surface area contributed by atoms with Crippen molar-refractivity contribution in [3.8, 4) is 0 Å². The second-order valence-electron chi connectivity index (χ2n) is 8.30. The molecule has 0 amide bonds. The van der Waals surface area contributed by atoms with E-state index in [0.717, 1.165) is 0 Å². The molecule has 0 bridgehead atoms. The normalized spacial score (nSPS) is 55.0. The van der Waals surface area contributed by atoms with Crippen LogP contribution in [0.3, 0.4) is 0 Å². The fraction of sp³-hybridized carbons (Fsp3) is 1.00. The van der Waals surface area contributed by atoms with Crippen LogP contribution >= 0.6 is 0 Å². The van der Waals surface area contributed by atoms with Gasteiger partial charge >= 0.3 is 0 Å². The zero-order valence-electron chi connectivity index (χ0n) is 17.4. The minimum absolute atomic E-state index is 0.691. The van der Waals surface area contributed by atoms with E-state index in [4.69, 9.17) is 23.7 Å². The van der Waals surface area contributed by atoms with Gasteiger partial charge in [0, 0.05) is 0 Å². The van der Waals surface area contributed by atoms with E-state index >= 15 is 0 Å². The van der Waals surface area contributed by atoms with Crippen LogP contribution in [0.1, 0.15) is 13.8 Å². The third-order valence-electron chi connectivity index (χ3n) is 6.01. The summed E-state index contributed by atoms with van der Waals surface area (Å²) < 4.78 is 26.6. The Morgan fingerprint density at radius 1 is 0.562 bits per heavy atom. The lowest BCUT2D eigenvalue weighted by Gasteiger charge is -2.47. The summed E-state index contributed by atoms with van der Waals surface area (Å²) in [6, 6.07) is 0. The van der Waals surface area contributed by atoms with Crippen LogP contribution in [0.5, 0.6) is 0 Å². The van der Waals surface area contributed by atoms with Gasteiger partial charge in [0.2, 0.25) is 0 Å². The van der Waals surface area contributed by atoms with Gasteiger partial charge in [-0.05, 0) is 13.8 Å². The van der Waals surface area contributed by atoms with Crippen LogP contribution < -0.4 is 0 Å². The van der Waals surface area contributed by atoms with Crippen LogP contribution in [-0.2, 0) is 23.7 Å². The molecule has 3 aliphatic rings. The van der Waals surface area contributed by atoms with E-state index < -0.39 is 98.7 Å². The highest BCUT2D eigenvalue weighted by Crippen LogP contribution is 2.32. The highest BCUT2D eigenvalue weighted by Gasteiger charge is 2.52. The quantitative estimate of drug-likeness (QED) is 0.182. The van der Waals surface area contributed by atoms with E-state index in [9.17, 15) is 46.0 Å². The van der Waals surface area contributed by atoms with Gasteiger partial charge in [-0.15, -0.1) is 0 Å². The van der Waals surface area contributed by atoms with E-state index in [-0.39, 0.29) is 0 Å². The number of rotatable bonds is 5. The summed E-state index contributed by atoms with van der Waals surface area (Å²) in [5, 5.41) is 90.6. The van der Waals surface area contributed by atoms with Crippen molar-refractivity contribution in [1.82, 2.24) is 0 Å². The Balaban J connectivity index is 1.74. The van der Waals surface area contributed by atoms with Crippen molar-refractivity contribution in [2.45, 2.75) is 106 Å². The summed E-state index contributed by atoms with van der Waals surface area (Å²) in [7, 11) is 0. The zero-order valence-corrected chi connectivity index (χ0v) is 17.4. The Morgan fingerprint density at radius 3 is 1.62 bits per heavy atom. The predicted octanol–water partition coefficient (Wildman–Crippen LogP) is -5.52. The van der Waals surface area contributed by atoms with E-state index in [0.29, 0.717) is 0 Å². The highest BCUT2D eigenvalue weighted by atomic mass is 16.7. The molecule has 0 aromatic rings. The molecule has 14 heteroatoms. The van der Waals surface area contributed by atoms with Gasteiger partial charge in [0.15, 0.2) is 18.9 Å².